The van der Waals surface area contributed by atoms with Gasteiger partial charge in [0.2, 0.25) is 0 Å². The molecular weight excluding hydrogens is 354 g/mol. The van der Waals surface area contributed by atoms with E-state index < -0.39 is 0 Å². The molecule has 0 unspecified atom stereocenters. The summed E-state index contributed by atoms with van der Waals surface area (Å²) in [7, 11) is 0. The van der Waals surface area contributed by atoms with E-state index in [1.807, 2.05) is 39.8 Å². The van der Waals surface area contributed by atoms with Crippen LogP contribution in [0.4, 0.5) is 0 Å². The van der Waals surface area contributed by atoms with Crippen LogP contribution in [0, 0.1) is 20.8 Å². The molecular formula is C18H19N3O2S2. The van der Waals surface area contributed by atoms with E-state index in [2.05, 4.69) is 10.2 Å². The number of aryl methyl sites for hydroxylation is 3. The van der Waals surface area contributed by atoms with Crippen molar-refractivity contribution in [1.29, 1.82) is 0 Å². The van der Waals surface area contributed by atoms with Gasteiger partial charge in [-0.15, -0.1) is 10.2 Å². The molecule has 7 heteroatoms. The Morgan fingerprint density at radius 3 is 2.60 bits per heavy atom. The molecule has 0 amide bonds. The monoisotopic (exact) mass is 373 g/mol. The Morgan fingerprint density at radius 1 is 1.24 bits per heavy atom. The van der Waals surface area contributed by atoms with Crippen LogP contribution in [0.25, 0.3) is 10.9 Å². The summed E-state index contributed by atoms with van der Waals surface area (Å²) in [6.07, 6.45) is 0.787. The molecule has 0 fully saturated rings. The number of ether oxygens (including phenoxy) is 1. The van der Waals surface area contributed by atoms with Crippen molar-refractivity contribution < 1.29 is 9.53 Å². The van der Waals surface area contributed by atoms with Gasteiger partial charge in [-0.2, -0.15) is 0 Å². The third-order valence-corrected chi connectivity index (χ3v) is 5.90. The van der Waals surface area contributed by atoms with Gasteiger partial charge >= 0.3 is 5.97 Å². The number of carbonyl (C=O) groups excluding carboxylic acids is 1. The lowest BCUT2D eigenvalue weighted by molar-refractivity contribution is -0.131. The fourth-order valence-corrected chi connectivity index (χ4v) is 4.53. The maximum Gasteiger partial charge on any atom is 0.308 e. The molecule has 25 heavy (non-hydrogen) atoms. The number of benzene rings is 1. The average Bonchev–Trinajstić information content (AvgIpc) is 2.96. The van der Waals surface area contributed by atoms with E-state index >= 15 is 0 Å². The number of pyridine rings is 1. The topological polar surface area (TPSA) is 65.0 Å². The summed E-state index contributed by atoms with van der Waals surface area (Å²) in [5.74, 6) is 0.275. The summed E-state index contributed by atoms with van der Waals surface area (Å²) in [5.41, 5.74) is 3.81. The number of rotatable bonds is 4. The highest BCUT2D eigenvalue weighted by Crippen LogP contribution is 2.38. The molecule has 5 nitrogen and oxygen atoms in total. The van der Waals surface area contributed by atoms with Crippen LogP contribution in [-0.4, -0.2) is 21.2 Å². The molecule has 0 spiro atoms. The van der Waals surface area contributed by atoms with Crippen molar-refractivity contribution in [3.63, 3.8) is 0 Å². The normalized spacial score (nSPS) is 11.1. The summed E-state index contributed by atoms with van der Waals surface area (Å²) in [4.78, 5) is 17.4. The molecule has 0 bridgehead atoms. The van der Waals surface area contributed by atoms with Crippen molar-refractivity contribution in [3.05, 3.63) is 34.0 Å². The Hall–Kier alpha value is -1.99. The Labute approximate surface area is 154 Å². The van der Waals surface area contributed by atoms with Crippen LogP contribution < -0.4 is 4.74 Å². The lowest BCUT2D eigenvalue weighted by Gasteiger charge is -2.14. The van der Waals surface area contributed by atoms with Gasteiger partial charge in [-0.1, -0.05) is 30.0 Å². The first kappa shape index (κ1) is 17.8. The predicted molar refractivity (Wildman–Crippen MR) is 101 cm³/mol. The van der Waals surface area contributed by atoms with Gasteiger partial charge in [0.05, 0.1) is 5.52 Å². The minimum absolute atomic E-state index is 0.327. The summed E-state index contributed by atoms with van der Waals surface area (Å²) >= 11 is 3.13. The molecule has 1 aromatic carbocycles. The van der Waals surface area contributed by atoms with Gasteiger partial charge in [-0.3, -0.25) is 9.78 Å². The van der Waals surface area contributed by atoms with Gasteiger partial charge in [0, 0.05) is 28.5 Å². The largest absolute Gasteiger partial charge is 0.426 e. The molecule has 0 radical (unpaired) electrons. The zero-order valence-electron chi connectivity index (χ0n) is 14.8. The highest BCUT2D eigenvalue weighted by Gasteiger charge is 2.16. The summed E-state index contributed by atoms with van der Waals surface area (Å²) in [6.45, 7) is 9.41. The highest BCUT2D eigenvalue weighted by atomic mass is 32.2. The van der Waals surface area contributed by atoms with E-state index in [0.29, 0.717) is 5.75 Å². The van der Waals surface area contributed by atoms with Crippen molar-refractivity contribution in [2.45, 2.75) is 50.3 Å². The third-order valence-electron chi connectivity index (χ3n) is 3.85. The molecule has 0 N–H and O–H groups in total. The van der Waals surface area contributed by atoms with Crippen LogP contribution in [0.5, 0.6) is 5.75 Å². The van der Waals surface area contributed by atoms with E-state index in [1.54, 1.807) is 23.1 Å². The molecule has 0 saturated heterocycles. The van der Waals surface area contributed by atoms with Crippen molar-refractivity contribution in [3.8, 4) is 5.75 Å². The number of hydrogen-bond acceptors (Lipinski definition) is 7. The maximum atomic E-state index is 11.6. The lowest BCUT2D eigenvalue weighted by Crippen LogP contribution is -2.06. The molecule has 0 saturated carbocycles. The lowest BCUT2D eigenvalue weighted by atomic mass is 10.1. The van der Waals surface area contributed by atoms with E-state index in [0.717, 1.165) is 48.4 Å². The van der Waals surface area contributed by atoms with E-state index in [9.17, 15) is 4.79 Å². The third kappa shape index (κ3) is 3.67. The summed E-state index contributed by atoms with van der Waals surface area (Å²) < 4.78 is 6.43. The minimum Gasteiger partial charge on any atom is -0.426 e. The van der Waals surface area contributed by atoms with E-state index in [-0.39, 0.29) is 5.97 Å². The molecule has 0 aliphatic heterocycles. The fourth-order valence-electron chi connectivity index (χ4n) is 2.65. The van der Waals surface area contributed by atoms with Gasteiger partial charge in [0.15, 0.2) is 4.34 Å². The van der Waals surface area contributed by atoms with Crippen LogP contribution in [-0.2, 0) is 11.2 Å². The summed E-state index contributed by atoms with van der Waals surface area (Å²) in [5, 5.41) is 10.0. The molecule has 3 rings (SSSR count). The number of fused-ring (bicyclic) bond motifs is 1. The number of aromatic nitrogens is 3. The second-order valence-electron chi connectivity index (χ2n) is 5.78. The molecule has 130 valence electrons. The number of nitrogens with zero attached hydrogens (tertiary/aromatic N) is 3. The molecule has 2 aromatic heterocycles. The fraction of sp³-hybridized carbons (Fsp3) is 0.333. The SMILES string of the molecule is CCc1nc2cc(C)c(Sc3nnc(C)s3)cc2c(OC(C)=O)c1C. The van der Waals surface area contributed by atoms with Gasteiger partial charge in [-0.25, -0.2) is 0 Å². The highest BCUT2D eigenvalue weighted by molar-refractivity contribution is 8.01. The van der Waals surface area contributed by atoms with Crippen molar-refractivity contribution >= 4 is 40.0 Å². The minimum atomic E-state index is -0.327. The second kappa shape index (κ2) is 7.09. The zero-order chi connectivity index (χ0) is 18.1. The van der Waals surface area contributed by atoms with E-state index in [4.69, 9.17) is 9.72 Å². The van der Waals surface area contributed by atoms with Crippen LogP contribution in [0.3, 0.4) is 0 Å². The number of carbonyl (C=O) groups is 1. The van der Waals surface area contributed by atoms with Crippen molar-refractivity contribution in [1.82, 2.24) is 15.2 Å². The van der Waals surface area contributed by atoms with Crippen LogP contribution in [0.1, 0.15) is 35.7 Å². The van der Waals surface area contributed by atoms with E-state index in [1.165, 1.54) is 6.92 Å². The van der Waals surface area contributed by atoms with Crippen LogP contribution in [0.2, 0.25) is 0 Å². The van der Waals surface area contributed by atoms with Gasteiger partial charge in [0.1, 0.15) is 10.8 Å². The second-order valence-corrected chi connectivity index (χ2v) is 8.25. The first-order chi connectivity index (χ1) is 11.9. The Bertz CT molecular complexity index is 967. The standard InChI is InChI=1S/C18H19N3O2S2/c1-6-14-10(3)17(23-12(5)22)13-8-16(9(2)7-15(13)19-14)25-18-21-20-11(4)24-18/h7-8H,6H2,1-5H3. The van der Waals surface area contributed by atoms with Gasteiger partial charge in [-0.05, 0) is 44.9 Å². The molecule has 0 atom stereocenters. The summed E-state index contributed by atoms with van der Waals surface area (Å²) in [6, 6.07) is 4.07. The smallest absolute Gasteiger partial charge is 0.308 e. The predicted octanol–water partition coefficient (Wildman–Crippen LogP) is 4.65. The molecule has 2 heterocycles. The Morgan fingerprint density at radius 2 is 2.00 bits per heavy atom. The Kier molecular flexibility index (Phi) is 5.06. The number of esters is 1. The number of hydrogen-bond donors (Lipinski definition) is 0. The first-order valence-corrected chi connectivity index (χ1v) is 9.62. The van der Waals surface area contributed by atoms with Gasteiger partial charge in [0.25, 0.3) is 0 Å². The quantitative estimate of drug-likeness (QED) is 0.620. The van der Waals surface area contributed by atoms with Crippen molar-refractivity contribution in [2.75, 3.05) is 0 Å². The van der Waals surface area contributed by atoms with Crippen LogP contribution in [0.15, 0.2) is 21.4 Å². The van der Waals surface area contributed by atoms with Crippen molar-refractivity contribution in [2.24, 2.45) is 0 Å². The zero-order valence-corrected chi connectivity index (χ0v) is 16.5. The molecule has 0 aliphatic carbocycles. The van der Waals surface area contributed by atoms with Gasteiger partial charge < -0.3 is 4.74 Å². The Balaban J connectivity index is 2.18. The average molecular weight is 374 g/mol. The molecule has 0 aliphatic rings. The van der Waals surface area contributed by atoms with Crippen LogP contribution >= 0.6 is 23.1 Å². The maximum absolute atomic E-state index is 11.6. The first-order valence-electron chi connectivity index (χ1n) is 7.99. The molecule has 3 aromatic rings.